The number of guanidine groups is 1. The summed E-state index contributed by atoms with van der Waals surface area (Å²) in [5.41, 5.74) is 1.91. The van der Waals surface area contributed by atoms with E-state index < -0.39 is 9.84 Å². The molecule has 5 nitrogen and oxygen atoms in total. The van der Waals surface area contributed by atoms with Crippen LogP contribution in [0.15, 0.2) is 29.3 Å². The van der Waals surface area contributed by atoms with Gasteiger partial charge in [0.25, 0.3) is 0 Å². The standard InChI is InChI=1S/C15H23N3O2S/c1-11-8-14(11)18-15(16-2)17-9-12-4-6-13(7-5-12)10-21(3,19)20/h4-7,11,14H,8-10H2,1-3H3,(H2,16,17,18). The summed E-state index contributed by atoms with van der Waals surface area (Å²) in [4.78, 5) is 4.20. The van der Waals surface area contributed by atoms with Crippen molar-refractivity contribution in [3.8, 4) is 0 Å². The summed E-state index contributed by atoms with van der Waals surface area (Å²) >= 11 is 0. The number of aliphatic imine (C=N–C) groups is 1. The second-order valence-electron chi connectivity index (χ2n) is 5.78. The molecule has 6 heteroatoms. The van der Waals surface area contributed by atoms with Gasteiger partial charge in [-0.25, -0.2) is 8.42 Å². The molecule has 21 heavy (non-hydrogen) atoms. The van der Waals surface area contributed by atoms with Crippen LogP contribution in [0.4, 0.5) is 0 Å². The fourth-order valence-corrected chi connectivity index (χ4v) is 2.93. The van der Waals surface area contributed by atoms with Gasteiger partial charge in [-0.3, -0.25) is 4.99 Å². The number of nitrogens with one attached hydrogen (secondary N) is 2. The maximum atomic E-state index is 11.2. The van der Waals surface area contributed by atoms with Gasteiger partial charge in [-0.15, -0.1) is 0 Å². The fraction of sp³-hybridized carbons (Fsp3) is 0.533. The quantitative estimate of drug-likeness (QED) is 0.635. The van der Waals surface area contributed by atoms with Crippen molar-refractivity contribution in [1.29, 1.82) is 0 Å². The van der Waals surface area contributed by atoms with E-state index in [2.05, 4.69) is 22.5 Å². The molecule has 1 aliphatic rings. The van der Waals surface area contributed by atoms with Crippen molar-refractivity contribution in [2.75, 3.05) is 13.3 Å². The summed E-state index contributed by atoms with van der Waals surface area (Å²) in [6.07, 6.45) is 2.44. The second-order valence-corrected chi connectivity index (χ2v) is 7.92. The first-order valence-electron chi connectivity index (χ1n) is 7.10. The van der Waals surface area contributed by atoms with E-state index in [-0.39, 0.29) is 5.75 Å². The SMILES string of the molecule is CN=C(NCc1ccc(CS(C)(=O)=O)cc1)NC1CC1C. The number of nitrogens with zero attached hydrogens (tertiary/aromatic N) is 1. The van der Waals surface area contributed by atoms with Gasteiger partial charge in [-0.05, 0) is 23.5 Å². The molecule has 2 unspecified atom stereocenters. The van der Waals surface area contributed by atoms with Crippen LogP contribution < -0.4 is 10.6 Å². The first kappa shape index (κ1) is 15.8. The molecule has 0 radical (unpaired) electrons. The Morgan fingerprint density at radius 1 is 1.29 bits per heavy atom. The highest BCUT2D eigenvalue weighted by molar-refractivity contribution is 7.89. The average molecular weight is 309 g/mol. The highest BCUT2D eigenvalue weighted by Gasteiger charge is 2.33. The third-order valence-corrected chi connectivity index (χ3v) is 4.42. The molecule has 1 saturated carbocycles. The number of benzene rings is 1. The van der Waals surface area contributed by atoms with Gasteiger partial charge in [0.1, 0.15) is 0 Å². The summed E-state index contributed by atoms with van der Waals surface area (Å²) in [6.45, 7) is 2.88. The highest BCUT2D eigenvalue weighted by Crippen LogP contribution is 2.28. The van der Waals surface area contributed by atoms with Crippen molar-refractivity contribution in [2.45, 2.75) is 31.7 Å². The van der Waals surface area contributed by atoms with Gasteiger partial charge in [-0.1, -0.05) is 31.2 Å². The van der Waals surface area contributed by atoms with E-state index in [4.69, 9.17) is 0 Å². The lowest BCUT2D eigenvalue weighted by Gasteiger charge is -2.11. The molecular weight excluding hydrogens is 286 g/mol. The Hall–Kier alpha value is -1.56. The van der Waals surface area contributed by atoms with Gasteiger partial charge in [0.05, 0.1) is 5.75 Å². The summed E-state index contributed by atoms with van der Waals surface area (Å²) in [5, 5.41) is 6.63. The van der Waals surface area contributed by atoms with Crippen molar-refractivity contribution in [1.82, 2.24) is 10.6 Å². The van der Waals surface area contributed by atoms with Crippen molar-refractivity contribution >= 4 is 15.8 Å². The Balaban J connectivity index is 1.85. The third kappa shape index (κ3) is 5.38. The van der Waals surface area contributed by atoms with Crippen LogP contribution in [-0.4, -0.2) is 33.7 Å². The Labute approximate surface area is 126 Å². The summed E-state index contributed by atoms with van der Waals surface area (Å²) in [6, 6.07) is 8.14. The smallest absolute Gasteiger partial charge is 0.191 e. The average Bonchev–Trinajstić information content (AvgIpc) is 3.10. The lowest BCUT2D eigenvalue weighted by atomic mass is 10.1. The van der Waals surface area contributed by atoms with E-state index in [0.29, 0.717) is 12.6 Å². The molecule has 0 bridgehead atoms. The van der Waals surface area contributed by atoms with Gasteiger partial charge in [0, 0.05) is 25.9 Å². The first-order valence-corrected chi connectivity index (χ1v) is 9.16. The molecule has 1 fully saturated rings. The van der Waals surface area contributed by atoms with Crippen LogP contribution in [-0.2, 0) is 22.1 Å². The Morgan fingerprint density at radius 2 is 1.86 bits per heavy atom. The highest BCUT2D eigenvalue weighted by atomic mass is 32.2. The maximum Gasteiger partial charge on any atom is 0.191 e. The van der Waals surface area contributed by atoms with E-state index in [9.17, 15) is 8.42 Å². The Bertz CT molecular complexity index is 608. The molecule has 0 aromatic heterocycles. The molecular formula is C15H23N3O2S. The minimum atomic E-state index is -2.98. The molecule has 0 saturated heterocycles. The molecule has 0 aliphatic heterocycles. The minimum absolute atomic E-state index is 0.0868. The first-order chi connectivity index (χ1) is 9.87. The predicted octanol–water partition coefficient (Wildman–Crippen LogP) is 1.30. The molecule has 2 atom stereocenters. The second kappa shape index (κ2) is 6.47. The molecule has 1 aliphatic carbocycles. The Morgan fingerprint density at radius 3 is 2.33 bits per heavy atom. The zero-order valence-electron chi connectivity index (χ0n) is 12.8. The maximum absolute atomic E-state index is 11.2. The van der Waals surface area contributed by atoms with Crippen LogP contribution in [0.25, 0.3) is 0 Å². The van der Waals surface area contributed by atoms with E-state index in [1.54, 1.807) is 7.05 Å². The molecule has 2 rings (SSSR count). The van der Waals surface area contributed by atoms with Gasteiger partial charge in [-0.2, -0.15) is 0 Å². The largest absolute Gasteiger partial charge is 0.353 e. The monoisotopic (exact) mass is 309 g/mol. The van der Waals surface area contributed by atoms with Crippen molar-refractivity contribution in [2.24, 2.45) is 10.9 Å². The molecule has 0 heterocycles. The Kier molecular flexibility index (Phi) is 4.88. The minimum Gasteiger partial charge on any atom is -0.353 e. The fourth-order valence-electron chi connectivity index (χ4n) is 2.14. The molecule has 116 valence electrons. The molecule has 1 aromatic carbocycles. The summed E-state index contributed by atoms with van der Waals surface area (Å²) in [5.74, 6) is 1.62. The van der Waals surface area contributed by atoms with Crippen LogP contribution in [0, 0.1) is 5.92 Å². The van der Waals surface area contributed by atoms with Crippen LogP contribution >= 0.6 is 0 Å². The molecule has 0 amide bonds. The van der Waals surface area contributed by atoms with Gasteiger partial charge in [0.2, 0.25) is 0 Å². The number of rotatable bonds is 5. The van der Waals surface area contributed by atoms with Crippen LogP contribution in [0.2, 0.25) is 0 Å². The number of hydrogen-bond donors (Lipinski definition) is 2. The van der Waals surface area contributed by atoms with Crippen LogP contribution in [0.1, 0.15) is 24.5 Å². The van der Waals surface area contributed by atoms with E-state index >= 15 is 0 Å². The molecule has 1 aromatic rings. The van der Waals surface area contributed by atoms with Gasteiger partial charge >= 0.3 is 0 Å². The molecule has 2 N–H and O–H groups in total. The van der Waals surface area contributed by atoms with E-state index in [1.165, 1.54) is 12.7 Å². The van der Waals surface area contributed by atoms with Crippen LogP contribution in [0.3, 0.4) is 0 Å². The lowest BCUT2D eigenvalue weighted by molar-refractivity contribution is 0.601. The number of hydrogen-bond acceptors (Lipinski definition) is 3. The van der Waals surface area contributed by atoms with E-state index in [1.807, 2.05) is 24.3 Å². The van der Waals surface area contributed by atoms with E-state index in [0.717, 1.165) is 23.0 Å². The zero-order chi connectivity index (χ0) is 15.5. The topological polar surface area (TPSA) is 70.6 Å². The predicted molar refractivity (Wildman–Crippen MR) is 85.9 cm³/mol. The van der Waals surface area contributed by atoms with Crippen LogP contribution in [0.5, 0.6) is 0 Å². The summed E-state index contributed by atoms with van der Waals surface area (Å²) < 4.78 is 22.5. The van der Waals surface area contributed by atoms with Gasteiger partial charge in [0.15, 0.2) is 15.8 Å². The van der Waals surface area contributed by atoms with Crippen molar-refractivity contribution in [3.63, 3.8) is 0 Å². The van der Waals surface area contributed by atoms with Crippen molar-refractivity contribution < 1.29 is 8.42 Å². The third-order valence-electron chi connectivity index (χ3n) is 3.57. The lowest BCUT2D eigenvalue weighted by Crippen LogP contribution is -2.38. The summed E-state index contributed by atoms with van der Waals surface area (Å²) in [7, 11) is -1.21. The normalized spacial score (nSPS) is 22.0. The van der Waals surface area contributed by atoms with Crippen molar-refractivity contribution in [3.05, 3.63) is 35.4 Å². The zero-order valence-corrected chi connectivity index (χ0v) is 13.6. The van der Waals surface area contributed by atoms with Gasteiger partial charge < -0.3 is 10.6 Å². The molecule has 0 spiro atoms. The number of sulfone groups is 1.